The third-order valence-electron chi connectivity index (χ3n) is 5.95. The van der Waals surface area contributed by atoms with Crippen LogP contribution in [0.1, 0.15) is 66.7 Å². The number of carboxylic acid groups (broad SMARTS) is 1. The second-order valence-electron chi connectivity index (χ2n) is 9.99. The molecule has 0 aromatic heterocycles. The molecule has 0 aliphatic carbocycles. The average Bonchev–Trinajstić information content (AvgIpc) is 2.96. The standard InChI is InChI=1S/C22H34N3O7P.C8H16O2/c1-17(2)31-22(28)14-24-33(32-19-9-7-6-8-10-19)30-15-20(29-5)13-18(3)25(4)12-11-21(27)23-16-26;1-3-5-7(6-4-2)8(9)10/h6-12,16-18,20,24H,13-15H2,1-5H3,(H,23,26,27);7H,3-6H2,1-2H3,(H,9,10)/b12-11-;. The molecule has 0 heterocycles. The zero-order valence-electron chi connectivity index (χ0n) is 26.5. The number of methoxy groups -OCH3 is 1. The molecule has 244 valence electrons. The van der Waals surface area contributed by atoms with Crippen molar-refractivity contribution in [1.82, 2.24) is 15.3 Å². The number of carboxylic acids is 1. The Morgan fingerprint density at radius 2 is 1.70 bits per heavy atom. The van der Waals surface area contributed by atoms with Gasteiger partial charge in [-0.2, -0.15) is 0 Å². The van der Waals surface area contributed by atoms with E-state index in [0.717, 1.165) is 25.7 Å². The number of para-hydroxylation sites is 1. The first-order chi connectivity index (χ1) is 20.5. The molecule has 12 nitrogen and oxygen atoms in total. The summed E-state index contributed by atoms with van der Waals surface area (Å²) in [6.07, 6.45) is 6.89. The van der Waals surface area contributed by atoms with Gasteiger partial charge in [-0.1, -0.05) is 44.9 Å². The summed E-state index contributed by atoms with van der Waals surface area (Å²) in [5, 5.41) is 13.7. The lowest BCUT2D eigenvalue weighted by Gasteiger charge is -2.27. The summed E-state index contributed by atoms with van der Waals surface area (Å²) in [7, 11) is 1.76. The third-order valence-corrected chi connectivity index (χ3v) is 7.12. The molecule has 3 unspecified atom stereocenters. The average molecular weight is 628 g/mol. The SMILES string of the molecule is CCCC(CCC)C(=O)O.COC(COP(NCC(=O)OC(C)C)Oc1ccccc1)CC(C)N(C)/C=C\C(=O)NC=O. The van der Waals surface area contributed by atoms with Gasteiger partial charge in [0.2, 0.25) is 6.41 Å². The first-order valence-electron chi connectivity index (χ1n) is 14.5. The number of amides is 2. The molecule has 43 heavy (non-hydrogen) atoms. The summed E-state index contributed by atoms with van der Waals surface area (Å²) in [6, 6.07) is 9.16. The minimum Gasteiger partial charge on any atom is -0.481 e. The number of nitrogens with one attached hydrogen (secondary N) is 2. The van der Waals surface area contributed by atoms with Crippen molar-refractivity contribution in [2.75, 3.05) is 27.3 Å². The molecule has 0 radical (unpaired) electrons. The number of carbonyl (C=O) groups is 4. The summed E-state index contributed by atoms with van der Waals surface area (Å²) >= 11 is 0. The van der Waals surface area contributed by atoms with Gasteiger partial charge in [0, 0.05) is 32.5 Å². The molecular weight excluding hydrogens is 577 g/mol. The summed E-state index contributed by atoms with van der Waals surface area (Å²) in [5.41, 5.74) is 0. The van der Waals surface area contributed by atoms with E-state index >= 15 is 0 Å². The summed E-state index contributed by atoms with van der Waals surface area (Å²) in [4.78, 5) is 45.9. The molecule has 1 rings (SSSR count). The van der Waals surface area contributed by atoms with E-state index in [1.807, 2.05) is 56.2 Å². The van der Waals surface area contributed by atoms with Crippen LogP contribution in [0.15, 0.2) is 42.6 Å². The minimum atomic E-state index is -1.64. The predicted octanol–water partition coefficient (Wildman–Crippen LogP) is 4.65. The number of aliphatic carboxylic acids is 1. The van der Waals surface area contributed by atoms with Gasteiger partial charge in [0.15, 0.2) is 0 Å². The highest BCUT2D eigenvalue weighted by atomic mass is 31.2. The van der Waals surface area contributed by atoms with Gasteiger partial charge in [0.05, 0.1) is 24.7 Å². The number of nitrogens with zero attached hydrogens (tertiary/aromatic N) is 1. The van der Waals surface area contributed by atoms with Crippen molar-refractivity contribution in [3.05, 3.63) is 42.6 Å². The maximum absolute atomic E-state index is 11.9. The lowest BCUT2D eigenvalue weighted by atomic mass is 9.99. The van der Waals surface area contributed by atoms with E-state index in [4.69, 9.17) is 23.6 Å². The summed E-state index contributed by atoms with van der Waals surface area (Å²) in [6.45, 7) is 9.73. The number of benzene rings is 1. The van der Waals surface area contributed by atoms with Crippen LogP contribution in [0.5, 0.6) is 5.75 Å². The molecule has 13 heteroatoms. The van der Waals surface area contributed by atoms with Crippen molar-refractivity contribution in [1.29, 1.82) is 0 Å². The molecule has 3 N–H and O–H groups in total. The lowest BCUT2D eigenvalue weighted by molar-refractivity contribution is -0.146. The molecule has 1 aromatic carbocycles. The van der Waals surface area contributed by atoms with E-state index in [1.165, 1.54) is 6.08 Å². The fourth-order valence-corrected chi connectivity index (χ4v) is 4.65. The molecule has 0 saturated carbocycles. The van der Waals surface area contributed by atoms with E-state index in [9.17, 15) is 19.2 Å². The second kappa shape index (κ2) is 24.4. The molecule has 0 aliphatic rings. The van der Waals surface area contributed by atoms with Crippen LogP contribution in [0.4, 0.5) is 0 Å². The Balaban J connectivity index is 0.00000150. The Morgan fingerprint density at radius 1 is 1.07 bits per heavy atom. The van der Waals surface area contributed by atoms with Crippen LogP contribution in [0.3, 0.4) is 0 Å². The van der Waals surface area contributed by atoms with Crippen LogP contribution in [0.25, 0.3) is 0 Å². The van der Waals surface area contributed by atoms with Gasteiger partial charge in [-0.15, -0.1) is 0 Å². The van der Waals surface area contributed by atoms with Crippen molar-refractivity contribution < 1.29 is 42.8 Å². The number of carbonyl (C=O) groups excluding carboxylic acids is 3. The van der Waals surface area contributed by atoms with Gasteiger partial charge in [-0.3, -0.25) is 24.5 Å². The van der Waals surface area contributed by atoms with Crippen LogP contribution < -0.4 is 14.9 Å². The molecule has 0 saturated heterocycles. The Labute approximate surface area is 257 Å². The van der Waals surface area contributed by atoms with Gasteiger partial charge in [0.1, 0.15) is 12.3 Å². The quantitative estimate of drug-likeness (QED) is 0.0756. The van der Waals surface area contributed by atoms with Crippen LogP contribution >= 0.6 is 8.53 Å². The maximum Gasteiger partial charge on any atom is 0.320 e. The second-order valence-corrected chi connectivity index (χ2v) is 11.3. The van der Waals surface area contributed by atoms with Crippen molar-refractivity contribution in [2.45, 2.75) is 85.0 Å². The van der Waals surface area contributed by atoms with Crippen LogP contribution in [-0.2, 0) is 33.2 Å². The number of hydrogen-bond donors (Lipinski definition) is 3. The van der Waals surface area contributed by atoms with Gasteiger partial charge >= 0.3 is 20.5 Å². The number of esters is 1. The molecule has 0 bridgehead atoms. The highest BCUT2D eigenvalue weighted by Crippen LogP contribution is 2.35. The largest absolute Gasteiger partial charge is 0.481 e. The smallest absolute Gasteiger partial charge is 0.320 e. The van der Waals surface area contributed by atoms with Crippen molar-refractivity contribution in [3.8, 4) is 5.75 Å². The zero-order chi connectivity index (χ0) is 32.6. The molecule has 0 spiro atoms. The van der Waals surface area contributed by atoms with Gasteiger partial charge in [-0.25, -0.2) is 5.09 Å². The van der Waals surface area contributed by atoms with Gasteiger partial charge < -0.3 is 28.5 Å². The lowest BCUT2D eigenvalue weighted by Crippen LogP contribution is -2.32. The fraction of sp³-hybridized carbons (Fsp3) is 0.600. The number of imide groups is 1. The fourth-order valence-electron chi connectivity index (χ4n) is 3.57. The van der Waals surface area contributed by atoms with Crippen LogP contribution in [0.2, 0.25) is 0 Å². The van der Waals surface area contributed by atoms with E-state index < -0.39 is 26.4 Å². The number of rotatable bonds is 21. The minimum absolute atomic E-state index is 0.00841. The van der Waals surface area contributed by atoms with E-state index in [1.54, 1.807) is 39.3 Å². The number of hydrogen-bond acceptors (Lipinski definition) is 10. The van der Waals surface area contributed by atoms with Crippen LogP contribution in [-0.4, -0.2) is 79.8 Å². The molecule has 3 atom stereocenters. The highest BCUT2D eigenvalue weighted by Gasteiger charge is 2.21. The van der Waals surface area contributed by atoms with Crippen molar-refractivity contribution in [2.24, 2.45) is 5.92 Å². The topological polar surface area (TPSA) is 153 Å². The first kappa shape index (κ1) is 40.0. The molecule has 0 fully saturated rings. The Kier molecular flexibility index (Phi) is 22.7. The summed E-state index contributed by atoms with van der Waals surface area (Å²) < 4.78 is 22.5. The highest BCUT2D eigenvalue weighted by molar-refractivity contribution is 7.45. The van der Waals surface area contributed by atoms with Gasteiger partial charge in [0.25, 0.3) is 5.91 Å². The molecule has 0 aliphatic heterocycles. The molecule has 1 aromatic rings. The Morgan fingerprint density at radius 3 is 2.21 bits per heavy atom. The zero-order valence-corrected chi connectivity index (χ0v) is 27.4. The Bertz CT molecular complexity index is 944. The monoisotopic (exact) mass is 627 g/mol. The summed E-state index contributed by atoms with van der Waals surface area (Å²) in [5.74, 6) is -1.03. The molecule has 2 amide bonds. The maximum atomic E-state index is 11.9. The Hall–Kier alpha value is -3.05. The molecular formula is C30H50N3O9P. The van der Waals surface area contributed by atoms with Crippen molar-refractivity contribution in [3.63, 3.8) is 0 Å². The van der Waals surface area contributed by atoms with Crippen molar-refractivity contribution >= 4 is 32.8 Å². The third kappa shape index (κ3) is 20.5. The van der Waals surface area contributed by atoms with E-state index in [0.29, 0.717) is 18.6 Å². The first-order valence-corrected chi connectivity index (χ1v) is 15.6. The van der Waals surface area contributed by atoms with Gasteiger partial charge in [-0.05, 0) is 52.2 Å². The van der Waals surface area contributed by atoms with E-state index in [-0.39, 0.29) is 37.3 Å². The number of ether oxygens (including phenoxy) is 2. The normalized spacial score (nSPS) is 13.0. The van der Waals surface area contributed by atoms with E-state index in [2.05, 4.69) is 5.09 Å². The predicted molar refractivity (Wildman–Crippen MR) is 166 cm³/mol. The van der Waals surface area contributed by atoms with Crippen LogP contribution in [0, 0.1) is 5.92 Å².